The monoisotopic (exact) mass is 544 g/mol. The van der Waals surface area contributed by atoms with Gasteiger partial charge < -0.3 is 14.0 Å². The molecule has 0 atom stereocenters. The Labute approximate surface area is 245 Å². The maximum absolute atomic E-state index is 12.7. The summed E-state index contributed by atoms with van der Waals surface area (Å²) in [4.78, 5) is 24.5. The van der Waals surface area contributed by atoms with Crippen LogP contribution in [0.3, 0.4) is 0 Å². The summed E-state index contributed by atoms with van der Waals surface area (Å²) >= 11 is 0. The molecule has 0 aliphatic rings. The minimum absolute atomic E-state index is 0. The number of benzene rings is 1. The van der Waals surface area contributed by atoms with Gasteiger partial charge in [0.1, 0.15) is 10.1 Å². The first-order valence-corrected chi connectivity index (χ1v) is 14.5. The first kappa shape index (κ1) is 35.5. The van der Waals surface area contributed by atoms with Crippen molar-refractivity contribution in [3.8, 4) is 0 Å². The number of esters is 2. The van der Waals surface area contributed by atoms with Crippen molar-refractivity contribution in [3.63, 3.8) is 0 Å². The van der Waals surface area contributed by atoms with Crippen molar-refractivity contribution in [3.05, 3.63) is 53.6 Å². The smallest absolute Gasteiger partial charge is 0.744 e. The minimum Gasteiger partial charge on any atom is -0.744 e. The molecule has 0 fully saturated rings. The zero-order chi connectivity index (χ0) is 26.7. The topological polar surface area (TPSA) is 110 Å². The van der Waals surface area contributed by atoms with E-state index in [2.05, 4.69) is 13.8 Å². The molecular weight excluding hydrogens is 503 g/mol. The maximum atomic E-state index is 12.7. The molecule has 37 heavy (non-hydrogen) atoms. The van der Waals surface area contributed by atoms with Gasteiger partial charge in [0.05, 0.1) is 29.2 Å². The molecule has 0 amide bonds. The van der Waals surface area contributed by atoms with E-state index in [4.69, 9.17) is 9.47 Å². The maximum Gasteiger partial charge on any atom is 1.00 e. The summed E-state index contributed by atoms with van der Waals surface area (Å²) < 4.78 is 45.6. The van der Waals surface area contributed by atoms with Crippen molar-refractivity contribution in [2.45, 2.75) is 95.8 Å². The number of hydrogen-bond acceptors (Lipinski definition) is 7. The second kappa shape index (κ2) is 21.5. The van der Waals surface area contributed by atoms with Gasteiger partial charge in [-0.1, -0.05) is 82.7 Å². The molecule has 0 N–H and O–H groups in total. The fourth-order valence-electron chi connectivity index (χ4n) is 3.56. The van der Waals surface area contributed by atoms with Crippen LogP contribution in [0.15, 0.2) is 47.4 Å². The van der Waals surface area contributed by atoms with Gasteiger partial charge in [0.15, 0.2) is 0 Å². The van der Waals surface area contributed by atoms with Crippen LogP contribution in [0, 0.1) is 0 Å². The molecular formula is C28H41NaO7S. The number of carbonyl (C=O) groups is 2. The summed E-state index contributed by atoms with van der Waals surface area (Å²) in [6, 6.07) is 3.48. The molecule has 0 spiro atoms. The molecule has 9 heteroatoms. The Hall–Kier alpha value is -1.45. The fourth-order valence-corrected chi connectivity index (χ4v) is 4.25. The largest absolute Gasteiger partial charge is 1.00 e. The standard InChI is InChI=1S/C28H42O7S.Na/c1-3-5-7-9-11-13-15-17-22-34-27(29)24-20-19-21-25(36(31,32)33)26(24)28(30)35-23-18-16-14-12-10-8-6-4-2;/h13-16,19-21H,3-12,17-18,22-23H2,1-2H3,(H,31,32,33);/q;+1/p-1/b15-13+,16-14+;. The van der Waals surface area contributed by atoms with Gasteiger partial charge in [-0.3, -0.25) is 0 Å². The summed E-state index contributed by atoms with van der Waals surface area (Å²) in [5.74, 6) is -1.92. The number of unbranched alkanes of at least 4 members (excludes halogenated alkanes) is 8. The average Bonchev–Trinajstić information content (AvgIpc) is 2.85. The molecule has 1 aromatic carbocycles. The zero-order valence-electron chi connectivity index (χ0n) is 22.7. The number of rotatable bonds is 19. The van der Waals surface area contributed by atoms with E-state index >= 15 is 0 Å². The predicted molar refractivity (Wildman–Crippen MR) is 140 cm³/mol. The van der Waals surface area contributed by atoms with Gasteiger partial charge in [0.25, 0.3) is 0 Å². The number of allylic oxidation sites excluding steroid dienone is 2. The van der Waals surface area contributed by atoms with Crippen LogP contribution in [0.4, 0.5) is 0 Å². The van der Waals surface area contributed by atoms with Crippen molar-refractivity contribution in [2.24, 2.45) is 0 Å². The number of hydrogen-bond donors (Lipinski definition) is 0. The van der Waals surface area contributed by atoms with E-state index in [0.717, 1.165) is 31.7 Å². The third-order valence-electron chi connectivity index (χ3n) is 5.54. The van der Waals surface area contributed by atoms with Gasteiger partial charge in [-0.25, -0.2) is 18.0 Å². The second-order valence-corrected chi connectivity index (χ2v) is 9.97. The molecule has 0 aliphatic heterocycles. The van der Waals surface area contributed by atoms with Crippen molar-refractivity contribution >= 4 is 22.1 Å². The summed E-state index contributed by atoms with van der Waals surface area (Å²) in [5, 5.41) is 0. The van der Waals surface area contributed by atoms with Crippen molar-refractivity contribution in [1.82, 2.24) is 0 Å². The molecule has 0 saturated heterocycles. The van der Waals surface area contributed by atoms with Crippen LogP contribution in [-0.4, -0.2) is 38.1 Å². The van der Waals surface area contributed by atoms with Crippen LogP contribution in [0.2, 0.25) is 0 Å². The molecule has 0 saturated carbocycles. The molecule has 0 unspecified atom stereocenters. The number of carbonyl (C=O) groups excluding carboxylic acids is 2. The van der Waals surface area contributed by atoms with Gasteiger partial charge >= 0.3 is 41.5 Å². The molecule has 1 rings (SSSR count). The van der Waals surface area contributed by atoms with Crippen molar-refractivity contribution in [1.29, 1.82) is 0 Å². The summed E-state index contributed by atoms with van der Waals surface area (Å²) in [6.07, 6.45) is 20.0. The Morgan fingerprint density at radius 1 is 0.757 bits per heavy atom. The summed E-state index contributed by atoms with van der Waals surface area (Å²) in [6.45, 7) is 4.37. The first-order valence-electron chi connectivity index (χ1n) is 13.1. The second-order valence-electron chi connectivity index (χ2n) is 8.62. The van der Waals surface area contributed by atoms with Crippen LogP contribution in [0.1, 0.15) is 112 Å². The minimum atomic E-state index is -5.01. The Morgan fingerprint density at radius 2 is 1.24 bits per heavy atom. The average molecular weight is 545 g/mol. The molecule has 202 valence electrons. The molecule has 0 aromatic heterocycles. The van der Waals surface area contributed by atoms with Crippen molar-refractivity contribution in [2.75, 3.05) is 13.2 Å². The van der Waals surface area contributed by atoms with Crippen LogP contribution in [-0.2, 0) is 19.6 Å². The van der Waals surface area contributed by atoms with E-state index in [9.17, 15) is 22.6 Å². The van der Waals surface area contributed by atoms with E-state index in [0.29, 0.717) is 12.8 Å². The molecule has 0 heterocycles. The third-order valence-corrected chi connectivity index (χ3v) is 6.42. The fraction of sp³-hybridized carbons (Fsp3) is 0.571. The van der Waals surface area contributed by atoms with E-state index < -0.39 is 32.5 Å². The van der Waals surface area contributed by atoms with Crippen LogP contribution in [0.5, 0.6) is 0 Å². The molecule has 0 aliphatic carbocycles. The van der Waals surface area contributed by atoms with Gasteiger partial charge in [0.2, 0.25) is 0 Å². The quantitative estimate of drug-likeness (QED) is 0.0858. The summed E-state index contributed by atoms with van der Waals surface area (Å²) in [7, 11) is -5.01. The van der Waals surface area contributed by atoms with Crippen molar-refractivity contribution < 1.29 is 61.6 Å². The van der Waals surface area contributed by atoms with Gasteiger partial charge in [0, 0.05) is 0 Å². The Bertz CT molecular complexity index is 955. The number of ether oxygens (including phenoxy) is 2. The van der Waals surface area contributed by atoms with Crippen LogP contribution in [0.25, 0.3) is 0 Å². The van der Waals surface area contributed by atoms with E-state index in [1.165, 1.54) is 50.7 Å². The Balaban J connectivity index is 0.0000130. The van der Waals surface area contributed by atoms with Gasteiger partial charge in [-0.15, -0.1) is 0 Å². The normalized spacial score (nSPS) is 11.5. The first-order chi connectivity index (χ1) is 17.3. The SMILES string of the molecule is CCCCCC/C=C/CCOC(=O)c1cccc(S(=O)(=O)[O-])c1C(=O)OCC/C=C/CCCCCC.[Na+]. The van der Waals surface area contributed by atoms with Crippen LogP contribution < -0.4 is 29.6 Å². The third kappa shape index (κ3) is 15.5. The van der Waals surface area contributed by atoms with E-state index in [-0.39, 0.29) is 48.3 Å². The predicted octanol–water partition coefficient (Wildman–Crippen LogP) is 3.74. The zero-order valence-corrected chi connectivity index (χ0v) is 25.5. The molecule has 0 bridgehead atoms. The molecule has 7 nitrogen and oxygen atoms in total. The van der Waals surface area contributed by atoms with Crippen LogP contribution >= 0.6 is 0 Å². The molecule has 1 aromatic rings. The van der Waals surface area contributed by atoms with Gasteiger partial charge in [-0.2, -0.15) is 0 Å². The Kier molecular flexibility index (Phi) is 20.6. The van der Waals surface area contributed by atoms with E-state index in [1.807, 2.05) is 24.3 Å². The Morgan fingerprint density at radius 3 is 1.73 bits per heavy atom. The summed E-state index contributed by atoms with van der Waals surface area (Å²) in [5.41, 5.74) is -0.876. The van der Waals surface area contributed by atoms with Gasteiger partial charge in [-0.05, 0) is 50.7 Å². The molecule has 0 radical (unpaired) electrons. The van der Waals surface area contributed by atoms with E-state index in [1.54, 1.807) is 0 Å².